The number of hydrogen-bond acceptors (Lipinski definition) is 4. The number of fused-ring (bicyclic) bond motifs is 1. The van der Waals surface area contributed by atoms with E-state index in [0.29, 0.717) is 16.5 Å². The quantitative estimate of drug-likeness (QED) is 0.701. The van der Waals surface area contributed by atoms with Gasteiger partial charge in [0.25, 0.3) is 0 Å². The highest BCUT2D eigenvalue weighted by Gasteiger charge is 2.02. The van der Waals surface area contributed by atoms with E-state index < -0.39 is 0 Å². The fraction of sp³-hybridized carbons (Fsp3) is 0.100. The summed E-state index contributed by atoms with van der Waals surface area (Å²) in [5, 5.41) is 9.35. The zero-order valence-electron chi connectivity index (χ0n) is 7.36. The topological polar surface area (TPSA) is 76.5 Å². The van der Waals surface area contributed by atoms with Gasteiger partial charge in [-0.05, 0) is 17.7 Å². The Balaban J connectivity index is 2.82. The maximum Gasteiger partial charge on any atom is 0.194 e. The SMILES string of the molecule is Nc1cc(=O)c2ccc(CO)cc2o1. The molecule has 1 heterocycles. The van der Waals surface area contributed by atoms with Crippen molar-refractivity contribution in [2.45, 2.75) is 6.61 Å². The Hall–Kier alpha value is -1.81. The van der Waals surface area contributed by atoms with E-state index in [-0.39, 0.29) is 17.9 Å². The van der Waals surface area contributed by atoms with Crippen molar-refractivity contribution in [1.82, 2.24) is 0 Å². The Morgan fingerprint density at radius 2 is 2.14 bits per heavy atom. The van der Waals surface area contributed by atoms with E-state index in [2.05, 4.69) is 0 Å². The van der Waals surface area contributed by atoms with Crippen molar-refractivity contribution in [3.63, 3.8) is 0 Å². The molecule has 72 valence electrons. The van der Waals surface area contributed by atoms with Crippen LogP contribution in [0.3, 0.4) is 0 Å². The zero-order valence-corrected chi connectivity index (χ0v) is 7.36. The lowest BCUT2D eigenvalue weighted by atomic mass is 10.1. The first kappa shape index (κ1) is 8.77. The van der Waals surface area contributed by atoms with Crippen LogP contribution in [0.5, 0.6) is 0 Å². The molecule has 0 saturated heterocycles. The van der Waals surface area contributed by atoms with Gasteiger partial charge in [0.15, 0.2) is 11.3 Å². The van der Waals surface area contributed by atoms with Crippen molar-refractivity contribution in [1.29, 1.82) is 0 Å². The van der Waals surface area contributed by atoms with Gasteiger partial charge >= 0.3 is 0 Å². The number of nitrogens with two attached hydrogens (primary N) is 1. The van der Waals surface area contributed by atoms with E-state index in [1.807, 2.05) is 0 Å². The average Bonchev–Trinajstić information content (AvgIpc) is 2.16. The summed E-state index contributed by atoms with van der Waals surface area (Å²) in [6.45, 7) is -0.0888. The highest BCUT2D eigenvalue weighted by atomic mass is 16.3. The van der Waals surface area contributed by atoms with Crippen LogP contribution in [0.25, 0.3) is 11.0 Å². The molecule has 3 N–H and O–H groups in total. The number of aliphatic hydroxyl groups excluding tert-OH is 1. The van der Waals surface area contributed by atoms with E-state index in [4.69, 9.17) is 15.3 Å². The summed E-state index contributed by atoms with van der Waals surface area (Å²) < 4.78 is 5.15. The molecule has 0 atom stereocenters. The Morgan fingerprint density at radius 1 is 1.36 bits per heavy atom. The molecule has 0 aliphatic heterocycles. The molecule has 0 unspecified atom stereocenters. The molecule has 2 aromatic rings. The Bertz CT molecular complexity index is 530. The van der Waals surface area contributed by atoms with Crippen molar-refractivity contribution in [2.24, 2.45) is 0 Å². The van der Waals surface area contributed by atoms with Gasteiger partial charge in [-0.2, -0.15) is 0 Å². The van der Waals surface area contributed by atoms with Gasteiger partial charge in [-0.3, -0.25) is 4.79 Å². The summed E-state index contributed by atoms with van der Waals surface area (Å²) in [5.41, 5.74) is 6.30. The fourth-order valence-corrected chi connectivity index (χ4v) is 1.32. The third kappa shape index (κ3) is 1.36. The summed E-state index contributed by atoms with van der Waals surface area (Å²) in [7, 11) is 0. The molecule has 0 aliphatic rings. The van der Waals surface area contributed by atoms with E-state index in [1.165, 1.54) is 6.07 Å². The number of benzene rings is 1. The lowest BCUT2D eigenvalue weighted by molar-refractivity contribution is 0.282. The Morgan fingerprint density at radius 3 is 2.86 bits per heavy atom. The van der Waals surface area contributed by atoms with Crippen molar-refractivity contribution in [3.05, 3.63) is 40.1 Å². The molecule has 4 nitrogen and oxygen atoms in total. The number of nitrogen functional groups attached to an aromatic ring is 1. The smallest absolute Gasteiger partial charge is 0.194 e. The molecule has 0 bridgehead atoms. The number of anilines is 1. The maximum absolute atomic E-state index is 11.4. The monoisotopic (exact) mass is 191 g/mol. The molecule has 0 saturated carbocycles. The fourth-order valence-electron chi connectivity index (χ4n) is 1.32. The number of rotatable bonds is 1. The maximum atomic E-state index is 11.4. The molecule has 4 heteroatoms. The molecule has 1 aromatic heterocycles. The average molecular weight is 191 g/mol. The second kappa shape index (κ2) is 3.16. The van der Waals surface area contributed by atoms with Crippen LogP contribution in [0, 0.1) is 0 Å². The number of hydrogen-bond donors (Lipinski definition) is 2. The van der Waals surface area contributed by atoms with Gasteiger partial charge in [-0.25, -0.2) is 0 Å². The molecule has 0 radical (unpaired) electrons. The van der Waals surface area contributed by atoms with Crippen LogP contribution in [-0.2, 0) is 6.61 Å². The van der Waals surface area contributed by atoms with Crippen molar-refractivity contribution in [3.8, 4) is 0 Å². The Labute approximate surface area is 79.6 Å². The standard InChI is InChI=1S/C10H9NO3/c11-10-4-8(13)7-2-1-6(5-12)3-9(7)14-10/h1-4,12H,5,11H2. The van der Waals surface area contributed by atoms with Crippen LogP contribution in [0.1, 0.15) is 5.56 Å². The molecular formula is C10H9NO3. The highest BCUT2D eigenvalue weighted by molar-refractivity contribution is 5.78. The lowest BCUT2D eigenvalue weighted by Gasteiger charge is -2.00. The van der Waals surface area contributed by atoms with E-state index in [1.54, 1.807) is 18.2 Å². The summed E-state index contributed by atoms with van der Waals surface area (Å²) in [4.78, 5) is 11.4. The van der Waals surface area contributed by atoms with Crippen LogP contribution >= 0.6 is 0 Å². The van der Waals surface area contributed by atoms with Gasteiger partial charge in [0.05, 0.1) is 12.0 Å². The highest BCUT2D eigenvalue weighted by Crippen LogP contribution is 2.15. The van der Waals surface area contributed by atoms with E-state index in [9.17, 15) is 4.79 Å². The first-order valence-electron chi connectivity index (χ1n) is 4.14. The van der Waals surface area contributed by atoms with Crippen molar-refractivity contribution in [2.75, 3.05) is 5.73 Å². The van der Waals surface area contributed by atoms with Crippen LogP contribution in [0.4, 0.5) is 5.88 Å². The second-order valence-electron chi connectivity index (χ2n) is 3.00. The van der Waals surface area contributed by atoms with Crippen LogP contribution in [0.2, 0.25) is 0 Å². The Kier molecular flexibility index (Phi) is 1.98. The summed E-state index contributed by atoms with van der Waals surface area (Å²) in [5.74, 6) is 0.0811. The van der Waals surface area contributed by atoms with Crippen LogP contribution in [-0.4, -0.2) is 5.11 Å². The zero-order chi connectivity index (χ0) is 10.1. The second-order valence-corrected chi connectivity index (χ2v) is 3.00. The molecule has 2 rings (SSSR count). The third-order valence-corrected chi connectivity index (χ3v) is 2.00. The predicted molar refractivity (Wildman–Crippen MR) is 52.8 cm³/mol. The minimum absolute atomic E-state index is 0.0811. The minimum atomic E-state index is -0.173. The molecule has 0 amide bonds. The molecular weight excluding hydrogens is 182 g/mol. The molecule has 0 fully saturated rings. The molecule has 1 aromatic carbocycles. The van der Waals surface area contributed by atoms with Crippen LogP contribution < -0.4 is 11.2 Å². The predicted octanol–water partition coefficient (Wildman–Crippen LogP) is 0.867. The van der Waals surface area contributed by atoms with E-state index in [0.717, 1.165) is 0 Å². The first-order valence-corrected chi connectivity index (χ1v) is 4.14. The van der Waals surface area contributed by atoms with Crippen LogP contribution in [0.15, 0.2) is 33.5 Å². The van der Waals surface area contributed by atoms with Gasteiger partial charge < -0.3 is 15.3 Å². The van der Waals surface area contributed by atoms with Crippen molar-refractivity contribution >= 4 is 16.9 Å². The molecule has 14 heavy (non-hydrogen) atoms. The number of aliphatic hydroxyl groups is 1. The summed E-state index contributed by atoms with van der Waals surface area (Å²) in [6, 6.07) is 6.13. The minimum Gasteiger partial charge on any atom is -0.441 e. The van der Waals surface area contributed by atoms with Gasteiger partial charge in [-0.15, -0.1) is 0 Å². The van der Waals surface area contributed by atoms with E-state index >= 15 is 0 Å². The largest absolute Gasteiger partial charge is 0.441 e. The van der Waals surface area contributed by atoms with Gasteiger partial charge in [-0.1, -0.05) is 6.07 Å². The summed E-state index contributed by atoms with van der Waals surface area (Å²) >= 11 is 0. The van der Waals surface area contributed by atoms with Crippen molar-refractivity contribution < 1.29 is 9.52 Å². The van der Waals surface area contributed by atoms with Gasteiger partial charge in [0.2, 0.25) is 0 Å². The lowest BCUT2D eigenvalue weighted by Crippen LogP contribution is -2.02. The normalized spacial score (nSPS) is 10.6. The van der Waals surface area contributed by atoms with Gasteiger partial charge in [0.1, 0.15) is 5.58 Å². The first-order chi connectivity index (χ1) is 6.70. The summed E-state index contributed by atoms with van der Waals surface area (Å²) in [6.07, 6.45) is 0. The third-order valence-electron chi connectivity index (χ3n) is 2.00. The van der Waals surface area contributed by atoms with Gasteiger partial charge in [0, 0.05) is 6.07 Å². The molecule has 0 aliphatic carbocycles. The molecule has 0 spiro atoms.